The molecule has 0 saturated carbocycles. The molecule has 6 nitrogen and oxygen atoms in total. The predicted molar refractivity (Wildman–Crippen MR) is 111 cm³/mol. The molecule has 29 heavy (non-hydrogen) atoms. The summed E-state index contributed by atoms with van der Waals surface area (Å²) in [6, 6.07) is 16.0. The van der Waals surface area contributed by atoms with Gasteiger partial charge in [0, 0.05) is 30.9 Å². The van der Waals surface area contributed by atoms with Crippen LogP contribution in [-0.2, 0) is 13.0 Å². The summed E-state index contributed by atoms with van der Waals surface area (Å²) in [5, 5.41) is 6.01. The highest BCUT2D eigenvalue weighted by atomic mass is 16.5. The molecule has 0 spiro atoms. The molecule has 1 amide bonds. The molecule has 0 atom stereocenters. The molecule has 146 valence electrons. The van der Waals surface area contributed by atoms with Gasteiger partial charge in [0.25, 0.3) is 5.91 Å². The average Bonchev–Trinajstić information content (AvgIpc) is 3.24. The Hall–Kier alpha value is -3.54. The van der Waals surface area contributed by atoms with Gasteiger partial charge in [0.15, 0.2) is 5.82 Å². The van der Waals surface area contributed by atoms with Crippen molar-refractivity contribution in [1.82, 2.24) is 20.0 Å². The molecule has 2 aromatic carbocycles. The Bertz CT molecular complexity index is 1140. The first-order valence-corrected chi connectivity index (χ1v) is 9.73. The number of aromatic nitrogens is 3. The van der Waals surface area contributed by atoms with Gasteiger partial charge >= 0.3 is 0 Å². The quantitative estimate of drug-likeness (QED) is 0.487. The van der Waals surface area contributed by atoms with E-state index in [1.54, 1.807) is 17.3 Å². The van der Waals surface area contributed by atoms with E-state index in [1.807, 2.05) is 50.2 Å². The molecule has 0 N–H and O–H groups in total. The van der Waals surface area contributed by atoms with Gasteiger partial charge in [0.1, 0.15) is 6.54 Å². The van der Waals surface area contributed by atoms with Crippen LogP contribution in [0.25, 0.3) is 21.9 Å². The summed E-state index contributed by atoms with van der Waals surface area (Å²) in [5.41, 5.74) is 2.88. The maximum absolute atomic E-state index is 13.0. The minimum Gasteiger partial charge on any atom is -0.337 e. The highest BCUT2D eigenvalue weighted by Crippen LogP contribution is 2.25. The first-order valence-electron chi connectivity index (χ1n) is 9.73. The lowest BCUT2D eigenvalue weighted by atomic mass is 10.0. The first-order chi connectivity index (χ1) is 14.2. The van der Waals surface area contributed by atoms with Crippen molar-refractivity contribution in [2.45, 2.75) is 26.8 Å². The van der Waals surface area contributed by atoms with Gasteiger partial charge in [-0.25, -0.2) is 0 Å². The Morgan fingerprint density at radius 3 is 2.45 bits per heavy atom. The molecular formula is C23H22N4O2. The van der Waals surface area contributed by atoms with Gasteiger partial charge in [-0.15, -0.1) is 0 Å². The standard InChI is InChI=1S/C23H22N4O2/c1-3-21-25-22(29-26-21)15-27(4-2)23(28)20-8-7-18-13-17(5-6-19(18)14-20)16-9-11-24-12-10-16/h5-14H,3-4,15H2,1-2H3. The van der Waals surface area contributed by atoms with Crippen LogP contribution in [0.4, 0.5) is 0 Å². The molecule has 2 aromatic heterocycles. The fraction of sp³-hybridized carbons (Fsp3) is 0.217. The topological polar surface area (TPSA) is 72.1 Å². The lowest BCUT2D eigenvalue weighted by molar-refractivity contribution is 0.0734. The summed E-state index contributed by atoms with van der Waals surface area (Å²) in [5.74, 6) is 1.06. The van der Waals surface area contributed by atoms with Crippen molar-refractivity contribution in [3.8, 4) is 11.1 Å². The van der Waals surface area contributed by atoms with Crippen LogP contribution in [0.5, 0.6) is 0 Å². The van der Waals surface area contributed by atoms with Crippen molar-refractivity contribution in [1.29, 1.82) is 0 Å². The third kappa shape index (κ3) is 4.01. The van der Waals surface area contributed by atoms with Crippen LogP contribution >= 0.6 is 0 Å². The summed E-state index contributed by atoms with van der Waals surface area (Å²) in [4.78, 5) is 23.1. The second kappa shape index (κ2) is 8.22. The van der Waals surface area contributed by atoms with E-state index in [-0.39, 0.29) is 5.91 Å². The number of aryl methyl sites for hydroxylation is 1. The molecule has 0 bridgehead atoms. The molecule has 0 saturated heterocycles. The monoisotopic (exact) mass is 386 g/mol. The number of pyridine rings is 1. The lowest BCUT2D eigenvalue weighted by Crippen LogP contribution is -2.30. The Morgan fingerprint density at radius 1 is 0.966 bits per heavy atom. The van der Waals surface area contributed by atoms with Crippen molar-refractivity contribution >= 4 is 16.7 Å². The SMILES string of the molecule is CCc1noc(CN(CC)C(=O)c2ccc3cc(-c4ccncc4)ccc3c2)n1. The molecule has 0 aliphatic heterocycles. The maximum atomic E-state index is 13.0. The number of carbonyl (C=O) groups is 1. The highest BCUT2D eigenvalue weighted by molar-refractivity contribution is 5.99. The van der Waals surface area contributed by atoms with Gasteiger partial charge in [0.2, 0.25) is 5.89 Å². The molecule has 0 unspecified atom stereocenters. The van der Waals surface area contributed by atoms with Crippen molar-refractivity contribution in [2.75, 3.05) is 6.54 Å². The lowest BCUT2D eigenvalue weighted by Gasteiger charge is -2.19. The molecule has 0 radical (unpaired) electrons. The Balaban J connectivity index is 1.58. The van der Waals surface area contributed by atoms with Gasteiger partial charge in [-0.3, -0.25) is 9.78 Å². The zero-order chi connectivity index (χ0) is 20.2. The van der Waals surface area contributed by atoms with E-state index in [1.165, 1.54) is 0 Å². The van der Waals surface area contributed by atoms with E-state index < -0.39 is 0 Å². The second-order valence-electron chi connectivity index (χ2n) is 6.79. The van der Waals surface area contributed by atoms with Crippen LogP contribution in [0.3, 0.4) is 0 Å². The summed E-state index contributed by atoms with van der Waals surface area (Å²) in [6.45, 7) is 4.77. The molecule has 0 aliphatic rings. The van der Waals surface area contributed by atoms with Gasteiger partial charge < -0.3 is 9.42 Å². The summed E-state index contributed by atoms with van der Waals surface area (Å²) < 4.78 is 5.24. The van der Waals surface area contributed by atoms with Crippen molar-refractivity contribution < 1.29 is 9.32 Å². The van der Waals surface area contributed by atoms with Crippen LogP contribution in [-0.4, -0.2) is 32.5 Å². The van der Waals surface area contributed by atoms with Crippen molar-refractivity contribution in [2.24, 2.45) is 0 Å². The van der Waals surface area contributed by atoms with E-state index in [0.29, 0.717) is 36.8 Å². The van der Waals surface area contributed by atoms with Crippen molar-refractivity contribution in [3.05, 3.63) is 78.2 Å². The Labute approximate surface area is 169 Å². The average molecular weight is 386 g/mol. The van der Waals surface area contributed by atoms with Crippen LogP contribution < -0.4 is 0 Å². The van der Waals surface area contributed by atoms with Crippen LogP contribution in [0.1, 0.15) is 35.9 Å². The van der Waals surface area contributed by atoms with Gasteiger partial charge in [-0.05, 0) is 59.2 Å². The number of hydrogen-bond donors (Lipinski definition) is 0. The zero-order valence-electron chi connectivity index (χ0n) is 16.5. The number of amides is 1. The van der Waals surface area contributed by atoms with E-state index in [0.717, 1.165) is 21.9 Å². The number of carbonyl (C=O) groups excluding carboxylic acids is 1. The molecule has 0 fully saturated rings. The largest absolute Gasteiger partial charge is 0.337 e. The van der Waals surface area contributed by atoms with E-state index >= 15 is 0 Å². The summed E-state index contributed by atoms with van der Waals surface area (Å²) in [7, 11) is 0. The highest BCUT2D eigenvalue weighted by Gasteiger charge is 2.18. The summed E-state index contributed by atoms with van der Waals surface area (Å²) in [6.07, 6.45) is 4.27. The maximum Gasteiger partial charge on any atom is 0.254 e. The Kier molecular flexibility index (Phi) is 5.33. The van der Waals surface area contributed by atoms with E-state index in [2.05, 4.69) is 27.3 Å². The van der Waals surface area contributed by atoms with Crippen LogP contribution in [0, 0.1) is 0 Å². The fourth-order valence-electron chi connectivity index (χ4n) is 3.27. The van der Waals surface area contributed by atoms with Gasteiger partial charge in [-0.2, -0.15) is 4.98 Å². The first kappa shape index (κ1) is 18.8. The number of hydrogen-bond acceptors (Lipinski definition) is 5. The van der Waals surface area contributed by atoms with Crippen molar-refractivity contribution in [3.63, 3.8) is 0 Å². The second-order valence-corrected chi connectivity index (χ2v) is 6.79. The molecule has 0 aliphatic carbocycles. The van der Waals surface area contributed by atoms with E-state index in [9.17, 15) is 4.79 Å². The van der Waals surface area contributed by atoms with Gasteiger partial charge in [0.05, 0.1) is 0 Å². The Morgan fingerprint density at radius 2 is 1.72 bits per heavy atom. The number of rotatable bonds is 6. The number of fused-ring (bicyclic) bond motifs is 1. The third-order valence-electron chi connectivity index (χ3n) is 4.92. The molecule has 6 heteroatoms. The molecular weight excluding hydrogens is 364 g/mol. The zero-order valence-corrected chi connectivity index (χ0v) is 16.5. The smallest absolute Gasteiger partial charge is 0.254 e. The number of benzene rings is 2. The third-order valence-corrected chi connectivity index (χ3v) is 4.92. The molecule has 4 aromatic rings. The number of nitrogens with zero attached hydrogens (tertiary/aromatic N) is 4. The van der Waals surface area contributed by atoms with E-state index in [4.69, 9.17) is 4.52 Å². The molecule has 2 heterocycles. The minimum absolute atomic E-state index is 0.0520. The normalized spacial score (nSPS) is 11.0. The molecule has 4 rings (SSSR count). The summed E-state index contributed by atoms with van der Waals surface area (Å²) >= 11 is 0. The minimum atomic E-state index is -0.0520. The van der Waals surface area contributed by atoms with Crippen LogP contribution in [0.2, 0.25) is 0 Å². The van der Waals surface area contributed by atoms with Crippen LogP contribution in [0.15, 0.2) is 65.4 Å². The van der Waals surface area contributed by atoms with Gasteiger partial charge in [-0.1, -0.05) is 30.3 Å². The predicted octanol–water partition coefficient (Wildman–Crippen LogP) is 4.51. The fourth-order valence-corrected chi connectivity index (χ4v) is 3.27.